The van der Waals surface area contributed by atoms with E-state index in [2.05, 4.69) is 16.0 Å². The largest absolute Gasteiger partial charge is 0.328 e. The quantitative estimate of drug-likeness (QED) is 0.721. The summed E-state index contributed by atoms with van der Waals surface area (Å²) in [5, 5.41) is 0.400. The summed E-state index contributed by atoms with van der Waals surface area (Å²) in [7, 11) is 4.01. The summed E-state index contributed by atoms with van der Waals surface area (Å²) in [5.74, 6) is -0.128. The number of amides is 1. The number of nitrogens with one attached hydrogen (secondary N) is 1. The first-order valence-corrected chi connectivity index (χ1v) is 10.2. The minimum absolute atomic E-state index is 0.0465. The van der Waals surface area contributed by atoms with Crippen molar-refractivity contribution in [2.45, 2.75) is 32.4 Å². The highest BCUT2D eigenvalue weighted by Crippen LogP contribution is 2.32. The molecule has 1 aliphatic heterocycles. The maximum atomic E-state index is 13.6. The van der Waals surface area contributed by atoms with Crippen LogP contribution in [-0.2, 0) is 13.0 Å². The molecule has 2 aromatic carbocycles. The number of fused-ring (bicyclic) bond motifs is 2. The number of carbonyl (C=O) groups is 1. The number of aryl methyl sites for hydroxylation is 1. The first-order chi connectivity index (χ1) is 14.4. The Morgan fingerprint density at radius 2 is 1.93 bits per heavy atom. The zero-order valence-corrected chi connectivity index (χ0v) is 17.5. The molecule has 0 bridgehead atoms. The fourth-order valence-electron chi connectivity index (χ4n) is 4.29. The third-order valence-corrected chi connectivity index (χ3v) is 5.70. The number of carbonyl (C=O) groups excluding carboxylic acids is 1. The summed E-state index contributed by atoms with van der Waals surface area (Å²) in [5.41, 5.74) is 2.11. The van der Waals surface area contributed by atoms with Gasteiger partial charge >= 0.3 is 5.69 Å². The molecule has 0 radical (unpaired) electrons. The normalized spacial score (nSPS) is 16.1. The molecule has 1 aliphatic rings. The number of H-pyrrole nitrogens is 1. The van der Waals surface area contributed by atoms with Crippen LogP contribution in [0.2, 0.25) is 0 Å². The predicted octanol–water partition coefficient (Wildman–Crippen LogP) is 2.23. The molecule has 1 N–H and O–H groups in total. The van der Waals surface area contributed by atoms with Gasteiger partial charge in [0.15, 0.2) is 0 Å². The second kappa shape index (κ2) is 7.91. The van der Waals surface area contributed by atoms with Crippen molar-refractivity contribution in [3.05, 3.63) is 74.4 Å². The maximum Gasteiger partial charge on any atom is 0.328 e. The average Bonchev–Trinajstić information content (AvgIpc) is 2.72. The van der Waals surface area contributed by atoms with Crippen LogP contribution in [-0.4, -0.2) is 47.0 Å². The molecule has 1 amide bonds. The van der Waals surface area contributed by atoms with Gasteiger partial charge in [-0.15, -0.1) is 0 Å². The van der Waals surface area contributed by atoms with Gasteiger partial charge in [-0.3, -0.25) is 14.2 Å². The Hall–Kier alpha value is -3.19. The van der Waals surface area contributed by atoms with Gasteiger partial charge in [0.25, 0.3) is 11.5 Å². The smallest absolute Gasteiger partial charge is 0.307 e. The van der Waals surface area contributed by atoms with E-state index in [0.717, 1.165) is 35.2 Å². The molecule has 0 unspecified atom stereocenters. The second-order valence-corrected chi connectivity index (χ2v) is 8.00. The minimum Gasteiger partial charge on any atom is -0.307 e. The van der Waals surface area contributed by atoms with E-state index in [0.29, 0.717) is 23.0 Å². The molecular weight excluding hydrogens is 380 g/mol. The average molecular weight is 406 g/mol. The Labute approximate surface area is 174 Å². The van der Waals surface area contributed by atoms with Crippen molar-refractivity contribution in [2.24, 2.45) is 0 Å². The standard InChI is InChI=1S/C23H26N4O3/c1-4-26-22(29)18-12-10-16(13-19(18)24-23(26)30)21(28)27-17(14-25(2)3)11-9-15-7-5-6-8-20(15)27/h5-8,10,12-13,17H,4,9,11,14H2,1-3H3,(H,24,30)/t17-/m1/s1. The van der Waals surface area contributed by atoms with E-state index >= 15 is 0 Å². The zero-order valence-electron chi connectivity index (χ0n) is 17.5. The number of nitrogens with zero attached hydrogens (tertiary/aromatic N) is 3. The number of aromatic amines is 1. The van der Waals surface area contributed by atoms with Crippen LogP contribution >= 0.6 is 0 Å². The summed E-state index contributed by atoms with van der Waals surface area (Å²) >= 11 is 0. The van der Waals surface area contributed by atoms with Gasteiger partial charge in [-0.05, 0) is 63.7 Å². The Morgan fingerprint density at radius 3 is 2.67 bits per heavy atom. The van der Waals surface area contributed by atoms with Gasteiger partial charge in [-0.25, -0.2) is 4.79 Å². The van der Waals surface area contributed by atoms with E-state index in [9.17, 15) is 14.4 Å². The van der Waals surface area contributed by atoms with E-state index in [4.69, 9.17) is 0 Å². The number of aromatic nitrogens is 2. The van der Waals surface area contributed by atoms with Crippen molar-refractivity contribution in [1.29, 1.82) is 0 Å². The second-order valence-electron chi connectivity index (χ2n) is 8.00. The van der Waals surface area contributed by atoms with Crippen molar-refractivity contribution in [3.63, 3.8) is 0 Å². The third kappa shape index (κ3) is 3.45. The molecule has 2 heterocycles. The first-order valence-electron chi connectivity index (χ1n) is 10.2. The van der Waals surface area contributed by atoms with E-state index in [1.54, 1.807) is 25.1 Å². The van der Waals surface area contributed by atoms with Gasteiger partial charge in [0, 0.05) is 24.3 Å². The molecule has 1 atom stereocenters. The van der Waals surface area contributed by atoms with Crippen LogP contribution in [0.25, 0.3) is 10.9 Å². The van der Waals surface area contributed by atoms with Gasteiger partial charge in [0.1, 0.15) is 0 Å². The number of para-hydroxylation sites is 1. The molecule has 30 heavy (non-hydrogen) atoms. The summed E-state index contributed by atoms with van der Waals surface area (Å²) in [6, 6.07) is 13.0. The van der Waals surface area contributed by atoms with Crippen molar-refractivity contribution < 1.29 is 4.79 Å². The molecule has 7 nitrogen and oxygen atoms in total. The van der Waals surface area contributed by atoms with Crippen molar-refractivity contribution in [3.8, 4) is 0 Å². The van der Waals surface area contributed by atoms with Crippen molar-refractivity contribution >= 4 is 22.5 Å². The summed E-state index contributed by atoms with van der Waals surface area (Å²) in [6.07, 6.45) is 1.81. The van der Waals surface area contributed by atoms with Crippen molar-refractivity contribution in [1.82, 2.24) is 14.5 Å². The molecule has 0 aliphatic carbocycles. The highest BCUT2D eigenvalue weighted by molar-refractivity contribution is 6.08. The first kappa shape index (κ1) is 20.1. The molecule has 1 aromatic heterocycles. The van der Waals surface area contributed by atoms with E-state index in [1.165, 1.54) is 0 Å². The number of benzene rings is 2. The molecule has 0 saturated heterocycles. The molecule has 4 rings (SSSR count). The van der Waals surface area contributed by atoms with Crippen LogP contribution in [0.3, 0.4) is 0 Å². The minimum atomic E-state index is -0.464. The number of likely N-dealkylation sites (N-methyl/N-ethyl adjacent to an activating group) is 1. The fraction of sp³-hybridized carbons (Fsp3) is 0.348. The van der Waals surface area contributed by atoms with Gasteiger partial charge < -0.3 is 14.8 Å². The number of hydrogen-bond acceptors (Lipinski definition) is 4. The lowest BCUT2D eigenvalue weighted by Crippen LogP contribution is -2.48. The molecule has 7 heteroatoms. The Kier molecular flexibility index (Phi) is 5.30. The van der Waals surface area contributed by atoms with Crippen LogP contribution in [0.1, 0.15) is 29.3 Å². The van der Waals surface area contributed by atoms with Gasteiger partial charge in [0.2, 0.25) is 0 Å². The number of rotatable bonds is 4. The van der Waals surface area contributed by atoms with Crippen LogP contribution in [0.15, 0.2) is 52.1 Å². The molecule has 3 aromatic rings. The van der Waals surface area contributed by atoms with Gasteiger partial charge in [0.05, 0.1) is 16.9 Å². The maximum absolute atomic E-state index is 13.6. The third-order valence-electron chi connectivity index (χ3n) is 5.70. The SMILES string of the molecule is CCn1c(=O)[nH]c2cc(C(=O)N3c4ccccc4CC[C@@H]3CN(C)C)ccc2c1=O. The predicted molar refractivity (Wildman–Crippen MR) is 118 cm³/mol. The highest BCUT2D eigenvalue weighted by atomic mass is 16.2. The molecule has 0 saturated carbocycles. The topological polar surface area (TPSA) is 78.4 Å². The summed E-state index contributed by atoms with van der Waals surface area (Å²) in [4.78, 5) is 45.1. The van der Waals surface area contributed by atoms with E-state index in [-0.39, 0.29) is 17.5 Å². The fourth-order valence-corrected chi connectivity index (χ4v) is 4.29. The van der Waals surface area contributed by atoms with Crippen molar-refractivity contribution in [2.75, 3.05) is 25.5 Å². The summed E-state index contributed by atoms with van der Waals surface area (Å²) in [6.45, 7) is 2.80. The number of anilines is 1. The highest BCUT2D eigenvalue weighted by Gasteiger charge is 2.32. The van der Waals surface area contributed by atoms with Gasteiger partial charge in [-0.1, -0.05) is 18.2 Å². The van der Waals surface area contributed by atoms with E-state index < -0.39 is 5.69 Å². The molecule has 156 valence electrons. The lowest BCUT2D eigenvalue weighted by Gasteiger charge is -2.38. The van der Waals surface area contributed by atoms with Crippen LogP contribution < -0.4 is 16.1 Å². The Bertz CT molecular complexity index is 1230. The molecule has 0 fully saturated rings. The lowest BCUT2D eigenvalue weighted by atomic mass is 9.94. The monoisotopic (exact) mass is 406 g/mol. The van der Waals surface area contributed by atoms with Crippen LogP contribution in [0, 0.1) is 0 Å². The zero-order chi connectivity index (χ0) is 21.4. The van der Waals surface area contributed by atoms with Crippen LogP contribution in [0.5, 0.6) is 0 Å². The Balaban J connectivity index is 1.81. The van der Waals surface area contributed by atoms with E-state index in [1.807, 2.05) is 37.2 Å². The summed E-state index contributed by atoms with van der Waals surface area (Å²) < 4.78 is 1.15. The van der Waals surface area contributed by atoms with Gasteiger partial charge in [-0.2, -0.15) is 0 Å². The molecule has 0 spiro atoms. The Morgan fingerprint density at radius 1 is 1.17 bits per heavy atom. The molecular formula is C23H26N4O3. The van der Waals surface area contributed by atoms with Crippen LogP contribution in [0.4, 0.5) is 5.69 Å². The lowest BCUT2D eigenvalue weighted by molar-refractivity contribution is 0.0968. The number of hydrogen-bond donors (Lipinski definition) is 1.